The van der Waals surface area contributed by atoms with E-state index >= 15 is 0 Å². The summed E-state index contributed by atoms with van der Waals surface area (Å²) >= 11 is 2.28. The smallest absolute Gasteiger partial charge is 0.189 e. The summed E-state index contributed by atoms with van der Waals surface area (Å²) in [5, 5.41) is 0. The summed E-state index contributed by atoms with van der Waals surface area (Å²) in [4.78, 5) is 12.6. The molecule has 0 aliphatic heterocycles. The molecule has 0 fully saturated rings. The lowest BCUT2D eigenvalue weighted by atomic mass is 9.86. The average Bonchev–Trinajstić information content (AvgIpc) is 2.50. The van der Waals surface area contributed by atoms with Crippen LogP contribution in [0.25, 0.3) is 6.08 Å². The van der Waals surface area contributed by atoms with Crippen LogP contribution in [0, 0.1) is 3.57 Å². The van der Waals surface area contributed by atoms with Crippen LogP contribution in [0.2, 0.25) is 0 Å². The quantitative estimate of drug-likeness (QED) is 0.557. The van der Waals surface area contributed by atoms with Crippen LogP contribution in [0.1, 0.15) is 27.9 Å². The number of ether oxygens (including phenoxy) is 1. The Morgan fingerprint density at radius 1 is 1.14 bits per heavy atom. The van der Waals surface area contributed by atoms with Crippen LogP contribution in [0.5, 0.6) is 5.75 Å². The first-order chi connectivity index (χ1) is 10.2. The van der Waals surface area contributed by atoms with Crippen LogP contribution in [-0.2, 0) is 6.42 Å². The molecule has 0 radical (unpaired) electrons. The lowest BCUT2D eigenvalue weighted by Gasteiger charge is -2.18. The standard InChI is InChI=1S/C18H15IO2/c1-21-16-8-7-13-5-6-14(18(20)17(13)11-16)9-12-3-2-4-15(19)10-12/h2-4,7-11H,5-6H2,1H3/b14-9+. The van der Waals surface area contributed by atoms with Crippen molar-refractivity contribution in [2.24, 2.45) is 0 Å². The zero-order valence-corrected chi connectivity index (χ0v) is 13.9. The molecule has 0 amide bonds. The number of rotatable bonds is 2. The Morgan fingerprint density at radius 3 is 2.76 bits per heavy atom. The van der Waals surface area contributed by atoms with E-state index in [0.717, 1.165) is 40.9 Å². The molecule has 0 bridgehead atoms. The van der Waals surface area contributed by atoms with Gasteiger partial charge < -0.3 is 4.74 Å². The first-order valence-electron chi connectivity index (χ1n) is 6.85. The van der Waals surface area contributed by atoms with E-state index in [-0.39, 0.29) is 5.78 Å². The Balaban J connectivity index is 1.98. The molecule has 106 valence electrons. The normalized spacial score (nSPS) is 15.9. The largest absolute Gasteiger partial charge is 0.497 e. The first-order valence-corrected chi connectivity index (χ1v) is 7.93. The van der Waals surface area contributed by atoms with E-state index in [4.69, 9.17) is 4.74 Å². The van der Waals surface area contributed by atoms with Gasteiger partial charge in [-0.25, -0.2) is 0 Å². The maximum atomic E-state index is 12.6. The van der Waals surface area contributed by atoms with Crippen molar-refractivity contribution < 1.29 is 9.53 Å². The molecule has 3 heteroatoms. The fraction of sp³-hybridized carbons (Fsp3) is 0.167. The van der Waals surface area contributed by atoms with Crippen LogP contribution < -0.4 is 4.74 Å². The molecule has 1 aliphatic carbocycles. The SMILES string of the molecule is COc1ccc2c(c1)C(=O)/C(=C/c1cccc(I)c1)CC2. The highest BCUT2D eigenvalue weighted by molar-refractivity contribution is 14.1. The lowest BCUT2D eigenvalue weighted by molar-refractivity contribution is 0.102. The average molecular weight is 390 g/mol. The van der Waals surface area contributed by atoms with Gasteiger partial charge in [0.25, 0.3) is 0 Å². The number of aryl methyl sites for hydroxylation is 1. The number of halogens is 1. The third-order valence-electron chi connectivity index (χ3n) is 3.71. The molecule has 2 aromatic carbocycles. The maximum absolute atomic E-state index is 12.6. The summed E-state index contributed by atoms with van der Waals surface area (Å²) in [7, 11) is 1.62. The van der Waals surface area contributed by atoms with Crippen molar-refractivity contribution in [1.82, 2.24) is 0 Å². The fourth-order valence-electron chi connectivity index (χ4n) is 2.60. The molecule has 2 aromatic rings. The van der Waals surface area contributed by atoms with Crippen molar-refractivity contribution in [3.63, 3.8) is 0 Å². The topological polar surface area (TPSA) is 26.3 Å². The molecule has 0 unspecified atom stereocenters. The van der Waals surface area contributed by atoms with E-state index in [0.29, 0.717) is 0 Å². The van der Waals surface area contributed by atoms with Gasteiger partial charge in [-0.15, -0.1) is 0 Å². The molecule has 1 aliphatic rings. The number of ketones is 1. The molecule has 0 saturated heterocycles. The van der Waals surface area contributed by atoms with Gasteiger partial charge in [-0.3, -0.25) is 4.79 Å². The monoisotopic (exact) mass is 390 g/mol. The van der Waals surface area contributed by atoms with Gasteiger partial charge in [0, 0.05) is 14.7 Å². The van der Waals surface area contributed by atoms with Crippen molar-refractivity contribution in [3.05, 3.63) is 68.3 Å². The summed E-state index contributed by atoms with van der Waals surface area (Å²) < 4.78 is 6.40. The number of hydrogen-bond donors (Lipinski definition) is 0. The zero-order chi connectivity index (χ0) is 14.8. The highest BCUT2D eigenvalue weighted by atomic mass is 127. The molecule has 0 atom stereocenters. The second-order valence-electron chi connectivity index (χ2n) is 5.08. The number of carbonyl (C=O) groups is 1. The van der Waals surface area contributed by atoms with Gasteiger partial charge in [0.2, 0.25) is 0 Å². The van der Waals surface area contributed by atoms with Crippen LogP contribution in [0.15, 0.2) is 48.0 Å². The number of allylic oxidation sites excluding steroid dienone is 1. The van der Waals surface area contributed by atoms with Crippen molar-refractivity contribution in [2.75, 3.05) is 7.11 Å². The van der Waals surface area contributed by atoms with Crippen molar-refractivity contribution in [1.29, 1.82) is 0 Å². The van der Waals surface area contributed by atoms with Gasteiger partial charge in [-0.05, 0) is 76.9 Å². The summed E-state index contributed by atoms with van der Waals surface area (Å²) in [6.45, 7) is 0. The van der Waals surface area contributed by atoms with E-state index in [9.17, 15) is 4.79 Å². The third kappa shape index (κ3) is 3.02. The Kier molecular flexibility index (Phi) is 4.10. The van der Waals surface area contributed by atoms with E-state index < -0.39 is 0 Å². The van der Waals surface area contributed by atoms with Crippen molar-refractivity contribution >= 4 is 34.5 Å². The van der Waals surface area contributed by atoms with Gasteiger partial charge >= 0.3 is 0 Å². The molecule has 0 aromatic heterocycles. The van der Waals surface area contributed by atoms with Crippen molar-refractivity contribution in [3.8, 4) is 5.75 Å². The number of methoxy groups -OCH3 is 1. The van der Waals surface area contributed by atoms with E-state index in [1.165, 1.54) is 3.57 Å². The second-order valence-corrected chi connectivity index (χ2v) is 6.32. The Bertz CT molecular complexity index is 732. The lowest BCUT2D eigenvalue weighted by Crippen LogP contribution is -2.14. The second kappa shape index (κ2) is 6.02. The van der Waals surface area contributed by atoms with Gasteiger partial charge in [0.1, 0.15) is 5.75 Å². The molecule has 0 heterocycles. The first kappa shape index (κ1) is 14.3. The molecule has 21 heavy (non-hydrogen) atoms. The highest BCUT2D eigenvalue weighted by Crippen LogP contribution is 2.29. The molecular formula is C18H15IO2. The third-order valence-corrected chi connectivity index (χ3v) is 4.38. The van der Waals surface area contributed by atoms with E-state index in [1.807, 2.05) is 42.5 Å². The predicted molar refractivity (Wildman–Crippen MR) is 92.8 cm³/mol. The number of Topliss-reactive ketones (excluding diaryl/α,β-unsaturated/α-hetero) is 1. The molecule has 0 saturated carbocycles. The number of hydrogen-bond acceptors (Lipinski definition) is 2. The summed E-state index contributed by atoms with van der Waals surface area (Å²) in [6.07, 6.45) is 3.71. The molecule has 3 rings (SSSR count). The molecule has 0 spiro atoms. The fourth-order valence-corrected chi connectivity index (χ4v) is 3.17. The van der Waals surface area contributed by atoms with Gasteiger partial charge in [-0.1, -0.05) is 18.2 Å². The minimum Gasteiger partial charge on any atom is -0.497 e. The van der Waals surface area contributed by atoms with Gasteiger partial charge in [-0.2, -0.15) is 0 Å². The van der Waals surface area contributed by atoms with E-state index in [1.54, 1.807) is 7.11 Å². The maximum Gasteiger partial charge on any atom is 0.189 e. The minimum atomic E-state index is 0.119. The number of carbonyl (C=O) groups excluding carboxylic acids is 1. The van der Waals surface area contributed by atoms with E-state index in [2.05, 4.69) is 28.7 Å². The molecule has 0 N–H and O–H groups in total. The predicted octanol–water partition coefficient (Wildman–Crippen LogP) is 4.51. The Morgan fingerprint density at radius 2 is 2.00 bits per heavy atom. The minimum absolute atomic E-state index is 0.119. The highest BCUT2D eigenvalue weighted by Gasteiger charge is 2.22. The summed E-state index contributed by atoms with van der Waals surface area (Å²) in [5.74, 6) is 0.853. The zero-order valence-electron chi connectivity index (χ0n) is 11.7. The summed E-state index contributed by atoms with van der Waals surface area (Å²) in [5.41, 5.74) is 3.84. The van der Waals surface area contributed by atoms with Crippen LogP contribution in [0.4, 0.5) is 0 Å². The van der Waals surface area contributed by atoms with Gasteiger partial charge in [0.05, 0.1) is 7.11 Å². The van der Waals surface area contributed by atoms with Crippen LogP contribution in [0.3, 0.4) is 0 Å². The molecule has 2 nitrogen and oxygen atoms in total. The van der Waals surface area contributed by atoms with Crippen LogP contribution >= 0.6 is 22.6 Å². The Hall–Kier alpha value is -1.62. The van der Waals surface area contributed by atoms with Gasteiger partial charge in [0.15, 0.2) is 5.78 Å². The summed E-state index contributed by atoms with van der Waals surface area (Å²) in [6, 6.07) is 13.9. The van der Waals surface area contributed by atoms with Crippen LogP contribution in [-0.4, -0.2) is 12.9 Å². The Labute approximate surface area is 138 Å². The molecular weight excluding hydrogens is 375 g/mol. The van der Waals surface area contributed by atoms with Crippen molar-refractivity contribution in [2.45, 2.75) is 12.8 Å². The number of benzene rings is 2. The number of fused-ring (bicyclic) bond motifs is 1.